The summed E-state index contributed by atoms with van der Waals surface area (Å²) in [6.45, 7) is 2.82. The molecule has 2 aromatic rings. The molecule has 0 aliphatic rings. The van der Waals surface area contributed by atoms with Crippen LogP contribution < -0.4 is 5.14 Å². The highest BCUT2D eigenvalue weighted by Crippen LogP contribution is 2.15. The number of primary sulfonamides is 1. The van der Waals surface area contributed by atoms with E-state index in [2.05, 4.69) is 0 Å². The van der Waals surface area contributed by atoms with Gasteiger partial charge in [-0.15, -0.1) is 0 Å². The maximum Gasteiger partial charge on any atom is 0.261 e. The molecule has 26 heavy (non-hydrogen) atoms. The standard InChI is InChI=1S/C8H7ClO3S.C8H9NO3S/c2*1-6(10)7-2-4-8(5-3-7)13(9,11)12/h2-5H,1H3;2-5H,1H3,(H2,9,11,12). The van der Waals surface area contributed by atoms with E-state index < -0.39 is 19.1 Å². The Hall–Kier alpha value is -2.07. The van der Waals surface area contributed by atoms with Gasteiger partial charge in [-0.25, -0.2) is 22.0 Å². The van der Waals surface area contributed by atoms with Crippen LogP contribution in [0.25, 0.3) is 0 Å². The van der Waals surface area contributed by atoms with Gasteiger partial charge in [-0.2, -0.15) is 0 Å². The maximum atomic E-state index is 10.8. The van der Waals surface area contributed by atoms with Gasteiger partial charge in [0.1, 0.15) is 0 Å². The molecule has 0 aliphatic heterocycles. The number of ketones is 2. The molecule has 0 aromatic heterocycles. The predicted molar refractivity (Wildman–Crippen MR) is 97.3 cm³/mol. The van der Waals surface area contributed by atoms with Crippen LogP contribution in [0.4, 0.5) is 0 Å². The highest BCUT2D eigenvalue weighted by Gasteiger charge is 2.09. The van der Waals surface area contributed by atoms with Crippen molar-refractivity contribution < 1.29 is 26.4 Å². The van der Waals surface area contributed by atoms with Gasteiger partial charge in [0.25, 0.3) is 9.05 Å². The Kier molecular flexibility index (Phi) is 7.22. The van der Waals surface area contributed by atoms with Crippen molar-refractivity contribution in [2.75, 3.05) is 0 Å². The van der Waals surface area contributed by atoms with E-state index in [-0.39, 0.29) is 21.4 Å². The van der Waals surface area contributed by atoms with Gasteiger partial charge in [0.05, 0.1) is 9.79 Å². The van der Waals surface area contributed by atoms with Gasteiger partial charge < -0.3 is 0 Å². The zero-order chi connectivity index (χ0) is 20.1. The summed E-state index contributed by atoms with van der Waals surface area (Å²) in [5.74, 6) is -0.223. The third kappa shape index (κ3) is 6.68. The van der Waals surface area contributed by atoms with Crippen molar-refractivity contribution in [3.63, 3.8) is 0 Å². The fourth-order valence-corrected chi connectivity index (χ4v) is 3.02. The van der Waals surface area contributed by atoms with Crippen LogP contribution in [-0.4, -0.2) is 28.4 Å². The van der Waals surface area contributed by atoms with Crippen LogP contribution in [0.3, 0.4) is 0 Å². The molecule has 140 valence electrons. The molecule has 7 nitrogen and oxygen atoms in total. The van der Waals surface area contributed by atoms with Crippen LogP contribution in [0.5, 0.6) is 0 Å². The van der Waals surface area contributed by atoms with Crippen LogP contribution in [0, 0.1) is 0 Å². The normalized spacial score (nSPS) is 11.2. The van der Waals surface area contributed by atoms with Crippen LogP contribution in [0.1, 0.15) is 34.6 Å². The maximum absolute atomic E-state index is 10.8. The molecule has 2 aromatic carbocycles. The van der Waals surface area contributed by atoms with Gasteiger partial charge in [-0.1, -0.05) is 24.3 Å². The lowest BCUT2D eigenvalue weighted by atomic mass is 10.2. The molecule has 0 saturated heterocycles. The monoisotopic (exact) mass is 417 g/mol. The zero-order valence-electron chi connectivity index (χ0n) is 13.8. The molecular formula is C16H16ClNO6S2. The fourth-order valence-electron chi connectivity index (χ4n) is 1.73. The Morgan fingerprint density at radius 3 is 1.27 bits per heavy atom. The van der Waals surface area contributed by atoms with E-state index in [4.69, 9.17) is 15.8 Å². The molecule has 2 rings (SSSR count). The second-order valence-electron chi connectivity index (χ2n) is 5.14. The number of rotatable bonds is 4. The number of hydrogen-bond donors (Lipinski definition) is 1. The lowest BCUT2D eigenvalue weighted by molar-refractivity contribution is 0.100. The van der Waals surface area contributed by atoms with Crippen molar-refractivity contribution in [2.24, 2.45) is 5.14 Å². The third-order valence-corrected chi connectivity index (χ3v) is 5.43. The predicted octanol–water partition coefficient (Wildman–Crippen LogP) is 2.35. The Morgan fingerprint density at radius 2 is 1.04 bits per heavy atom. The van der Waals surface area contributed by atoms with Gasteiger partial charge >= 0.3 is 0 Å². The quantitative estimate of drug-likeness (QED) is 0.600. The van der Waals surface area contributed by atoms with Gasteiger partial charge in [0.15, 0.2) is 11.6 Å². The van der Waals surface area contributed by atoms with E-state index in [9.17, 15) is 26.4 Å². The minimum Gasteiger partial charge on any atom is -0.295 e. The van der Waals surface area contributed by atoms with Crippen LogP contribution in [0.2, 0.25) is 0 Å². The number of halogens is 1. The lowest BCUT2D eigenvalue weighted by Crippen LogP contribution is -2.12. The van der Waals surface area contributed by atoms with Gasteiger partial charge in [0, 0.05) is 21.8 Å². The molecule has 0 heterocycles. The van der Waals surface area contributed by atoms with E-state index in [1.807, 2.05) is 0 Å². The molecule has 0 aliphatic carbocycles. The zero-order valence-corrected chi connectivity index (χ0v) is 16.2. The first kappa shape index (κ1) is 22.0. The molecule has 0 fully saturated rings. The summed E-state index contributed by atoms with van der Waals surface area (Å²) in [5.41, 5.74) is 0.927. The molecule has 0 atom stereocenters. The molecule has 0 saturated carbocycles. The Balaban J connectivity index is 0.000000260. The molecule has 10 heteroatoms. The first-order valence-electron chi connectivity index (χ1n) is 7.02. The Morgan fingerprint density at radius 1 is 0.731 bits per heavy atom. The summed E-state index contributed by atoms with van der Waals surface area (Å²) >= 11 is 0. The number of benzene rings is 2. The van der Waals surface area contributed by atoms with E-state index >= 15 is 0 Å². The average molecular weight is 418 g/mol. The minimum absolute atomic E-state index is 0.000772. The second kappa shape index (κ2) is 8.54. The highest BCUT2D eigenvalue weighted by atomic mass is 35.7. The number of nitrogens with two attached hydrogens (primary N) is 1. The Labute approximate surface area is 156 Å². The van der Waals surface area contributed by atoms with Crippen molar-refractivity contribution in [2.45, 2.75) is 23.6 Å². The van der Waals surface area contributed by atoms with E-state index in [1.54, 1.807) is 0 Å². The smallest absolute Gasteiger partial charge is 0.261 e. The van der Waals surface area contributed by atoms with Crippen molar-refractivity contribution >= 4 is 41.3 Å². The number of carbonyl (C=O) groups excluding carboxylic acids is 2. The van der Waals surface area contributed by atoms with Crippen LogP contribution in [0.15, 0.2) is 58.3 Å². The molecular weight excluding hydrogens is 402 g/mol. The largest absolute Gasteiger partial charge is 0.295 e. The SMILES string of the molecule is CC(=O)c1ccc(S(=O)(=O)Cl)cc1.CC(=O)c1ccc(S(N)(=O)=O)cc1. The first-order chi connectivity index (χ1) is 11.8. The topological polar surface area (TPSA) is 128 Å². The molecule has 0 radical (unpaired) electrons. The summed E-state index contributed by atoms with van der Waals surface area (Å²) in [6, 6.07) is 11.0. The first-order valence-corrected chi connectivity index (χ1v) is 10.9. The van der Waals surface area contributed by atoms with E-state index in [0.29, 0.717) is 11.1 Å². The van der Waals surface area contributed by atoms with Crippen molar-refractivity contribution in [1.82, 2.24) is 0 Å². The van der Waals surface area contributed by atoms with Gasteiger partial charge in [0.2, 0.25) is 10.0 Å². The molecule has 2 N–H and O–H groups in total. The van der Waals surface area contributed by atoms with Crippen molar-refractivity contribution in [3.8, 4) is 0 Å². The molecule has 0 spiro atoms. The van der Waals surface area contributed by atoms with E-state index in [0.717, 1.165) is 0 Å². The number of hydrogen-bond acceptors (Lipinski definition) is 6. The fraction of sp³-hybridized carbons (Fsp3) is 0.125. The third-order valence-electron chi connectivity index (χ3n) is 3.13. The van der Waals surface area contributed by atoms with Crippen molar-refractivity contribution in [3.05, 3.63) is 59.7 Å². The lowest BCUT2D eigenvalue weighted by Gasteiger charge is -1.98. The summed E-state index contributed by atoms with van der Waals surface area (Å²) in [6.07, 6.45) is 0. The van der Waals surface area contributed by atoms with Gasteiger partial charge in [-0.3, -0.25) is 9.59 Å². The molecule has 0 bridgehead atoms. The van der Waals surface area contributed by atoms with Gasteiger partial charge in [-0.05, 0) is 38.1 Å². The number of carbonyl (C=O) groups is 2. The molecule has 0 unspecified atom stereocenters. The summed E-state index contributed by atoms with van der Waals surface area (Å²) in [4.78, 5) is 21.7. The Bertz CT molecular complexity index is 926. The number of sulfonamides is 1. The second-order valence-corrected chi connectivity index (χ2v) is 9.27. The van der Waals surface area contributed by atoms with Crippen LogP contribution in [-0.2, 0) is 19.1 Å². The summed E-state index contributed by atoms with van der Waals surface area (Å²) in [5, 5.41) is 4.87. The summed E-state index contributed by atoms with van der Waals surface area (Å²) in [7, 11) is -2.26. The molecule has 0 amide bonds. The minimum atomic E-state index is -3.68. The number of Topliss-reactive ketones (excluding diaryl/α,β-unsaturated/α-hetero) is 2. The average Bonchev–Trinajstić information content (AvgIpc) is 2.54. The summed E-state index contributed by atoms with van der Waals surface area (Å²) < 4.78 is 43.2. The highest BCUT2D eigenvalue weighted by molar-refractivity contribution is 8.13. The van der Waals surface area contributed by atoms with E-state index in [1.165, 1.54) is 62.4 Å². The van der Waals surface area contributed by atoms with Crippen LogP contribution >= 0.6 is 10.7 Å². The van der Waals surface area contributed by atoms with Crippen molar-refractivity contribution in [1.29, 1.82) is 0 Å².